The first-order chi connectivity index (χ1) is 19.9. The molecule has 2 N–H and O–H groups in total. The third-order valence-corrected chi connectivity index (χ3v) is 6.86. The zero-order chi connectivity index (χ0) is 30.2. The van der Waals surface area contributed by atoms with Gasteiger partial charge in [-0.15, -0.1) is 0 Å². The lowest BCUT2D eigenvalue weighted by Crippen LogP contribution is -2.38. The van der Waals surface area contributed by atoms with Gasteiger partial charge in [0.15, 0.2) is 11.6 Å². The summed E-state index contributed by atoms with van der Waals surface area (Å²) in [4.78, 5) is 43.9. The molecule has 0 aliphatic carbocycles. The van der Waals surface area contributed by atoms with Gasteiger partial charge < -0.3 is 19.5 Å². The fraction of sp³-hybridized carbons (Fsp3) is 0.367. The van der Waals surface area contributed by atoms with Crippen LogP contribution in [0.25, 0.3) is 10.8 Å². The molecule has 1 aliphatic heterocycles. The number of benzene rings is 1. The number of carbonyl (C=O) groups excluding carboxylic acids is 2. The van der Waals surface area contributed by atoms with Crippen LogP contribution in [-0.2, 0) is 29.0 Å². The average Bonchev–Trinajstić information content (AvgIpc) is 3.19. The lowest BCUT2D eigenvalue weighted by molar-refractivity contribution is -0.133. The zero-order valence-electron chi connectivity index (χ0n) is 24.3. The third-order valence-electron chi connectivity index (χ3n) is 6.86. The second-order valence-corrected chi connectivity index (χ2v) is 11.5. The van der Waals surface area contributed by atoms with Crippen LogP contribution in [0.4, 0.5) is 26.5 Å². The summed E-state index contributed by atoms with van der Waals surface area (Å²) in [5, 5.41) is 11.2. The summed E-state index contributed by atoms with van der Waals surface area (Å²) in [7, 11) is 0. The Hall–Kier alpha value is -4.74. The summed E-state index contributed by atoms with van der Waals surface area (Å²) >= 11 is 0. The van der Waals surface area contributed by atoms with Crippen molar-refractivity contribution in [3.8, 4) is 0 Å². The Labute approximate surface area is 242 Å². The molecule has 5 rings (SSSR count). The van der Waals surface area contributed by atoms with Crippen LogP contribution in [0.15, 0.2) is 53.6 Å². The van der Waals surface area contributed by atoms with E-state index in [4.69, 9.17) is 4.74 Å². The maximum absolute atomic E-state index is 15.9. The van der Waals surface area contributed by atoms with Gasteiger partial charge in [-0.2, -0.15) is 5.10 Å². The van der Waals surface area contributed by atoms with Gasteiger partial charge >= 0.3 is 6.09 Å². The van der Waals surface area contributed by atoms with Crippen molar-refractivity contribution in [2.75, 3.05) is 17.2 Å². The first-order valence-corrected chi connectivity index (χ1v) is 13.8. The van der Waals surface area contributed by atoms with E-state index in [1.807, 2.05) is 24.8 Å². The molecule has 0 saturated carbocycles. The van der Waals surface area contributed by atoms with Gasteiger partial charge in [-0.25, -0.2) is 14.2 Å². The van der Waals surface area contributed by atoms with Crippen LogP contribution in [0.1, 0.15) is 45.9 Å². The van der Waals surface area contributed by atoms with Crippen molar-refractivity contribution in [1.82, 2.24) is 24.2 Å². The largest absolute Gasteiger partial charge is 0.444 e. The van der Waals surface area contributed by atoms with Gasteiger partial charge in [0.05, 0.1) is 12.2 Å². The lowest BCUT2D eigenvalue weighted by atomic mass is 10.0. The molecular formula is C30H34FN7O4. The number of fused-ring (bicyclic) bond motifs is 2. The second-order valence-electron chi connectivity index (χ2n) is 11.5. The number of nitrogens with one attached hydrogen (secondary N) is 2. The van der Waals surface area contributed by atoms with Crippen LogP contribution >= 0.6 is 0 Å². The normalized spacial score (nSPS) is 13.7. The highest BCUT2D eigenvalue weighted by atomic mass is 19.1. The van der Waals surface area contributed by atoms with Crippen molar-refractivity contribution >= 4 is 40.1 Å². The summed E-state index contributed by atoms with van der Waals surface area (Å²) in [5.74, 6) is 0.278. The topological polar surface area (TPSA) is 123 Å². The molecule has 0 bridgehead atoms. The molecule has 42 heavy (non-hydrogen) atoms. The molecule has 0 saturated heterocycles. The Balaban J connectivity index is 1.49. The quantitative estimate of drug-likeness (QED) is 0.343. The monoisotopic (exact) mass is 575 g/mol. The van der Waals surface area contributed by atoms with Crippen molar-refractivity contribution < 1.29 is 18.7 Å². The number of aromatic nitrogens is 4. The van der Waals surface area contributed by atoms with Crippen molar-refractivity contribution in [2.24, 2.45) is 0 Å². The molecule has 0 unspecified atom stereocenters. The Morgan fingerprint density at radius 2 is 1.93 bits per heavy atom. The molecule has 4 heterocycles. The van der Waals surface area contributed by atoms with Gasteiger partial charge in [-0.3, -0.25) is 19.6 Å². The van der Waals surface area contributed by atoms with E-state index in [-0.39, 0.29) is 41.8 Å². The van der Waals surface area contributed by atoms with Gasteiger partial charge in [0, 0.05) is 60.2 Å². The molecule has 12 heteroatoms. The summed E-state index contributed by atoms with van der Waals surface area (Å²) in [5.41, 5.74) is -0.0506. The van der Waals surface area contributed by atoms with Gasteiger partial charge in [0.25, 0.3) is 5.56 Å². The van der Waals surface area contributed by atoms with E-state index < -0.39 is 17.5 Å². The van der Waals surface area contributed by atoms with Crippen LogP contribution in [0, 0.1) is 5.82 Å². The summed E-state index contributed by atoms with van der Waals surface area (Å²) in [6, 6.07) is 10.0. The fourth-order valence-electron chi connectivity index (χ4n) is 4.93. The maximum Gasteiger partial charge on any atom is 0.412 e. The van der Waals surface area contributed by atoms with E-state index in [1.165, 1.54) is 16.8 Å². The number of ether oxygens (including phenoxy) is 1. The molecule has 3 aromatic heterocycles. The van der Waals surface area contributed by atoms with Crippen molar-refractivity contribution in [3.05, 3.63) is 76.2 Å². The minimum absolute atomic E-state index is 0.0133. The number of pyridine rings is 2. The minimum Gasteiger partial charge on any atom is -0.444 e. The van der Waals surface area contributed by atoms with Crippen molar-refractivity contribution in [1.29, 1.82) is 0 Å². The average molecular weight is 576 g/mol. The van der Waals surface area contributed by atoms with Gasteiger partial charge in [0.2, 0.25) is 5.91 Å². The first-order valence-electron chi connectivity index (χ1n) is 13.8. The number of anilines is 3. The molecular weight excluding hydrogens is 541 g/mol. The molecule has 2 amide bonds. The zero-order valence-corrected chi connectivity index (χ0v) is 24.3. The Kier molecular flexibility index (Phi) is 7.72. The maximum atomic E-state index is 15.9. The van der Waals surface area contributed by atoms with Crippen LogP contribution in [0.2, 0.25) is 0 Å². The summed E-state index contributed by atoms with van der Waals surface area (Å²) in [6.07, 6.45) is 2.88. The number of hydrogen-bond acceptors (Lipinski definition) is 7. The number of halogens is 1. The standard InChI is InChI=1S/C30H34FN7O4/c1-18(2)37-11-9-21-14-24(35-38(21)17-26(37)40)33-23-13-19-12-20(16-36-10-7-6-8-25(36)39)27(31)28(22(19)15-32-23)34-29(41)42-30(3,4)5/h6-8,10,12-15,18H,9,11,16-17H2,1-5H3,(H,34,41)(H,32,33,35). The number of hydrogen-bond donors (Lipinski definition) is 2. The fourth-order valence-corrected chi connectivity index (χ4v) is 4.93. The Bertz CT molecular complexity index is 1720. The van der Waals surface area contributed by atoms with Gasteiger partial charge in [0.1, 0.15) is 18.0 Å². The van der Waals surface area contributed by atoms with E-state index in [0.29, 0.717) is 35.4 Å². The minimum atomic E-state index is -0.816. The third kappa shape index (κ3) is 6.27. The Morgan fingerprint density at radius 3 is 2.64 bits per heavy atom. The molecule has 11 nitrogen and oxygen atoms in total. The van der Waals surface area contributed by atoms with Crippen molar-refractivity contribution in [2.45, 2.75) is 65.8 Å². The van der Waals surface area contributed by atoms with E-state index in [0.717, 1.165) is 5.69 Å². The predicted octanol–water partition coefficient (Wildman–Crippen LogP) is 4.66. The second kappa shape index (κ2) is 11.3. The SMILES string of the molecule is CC(C)N1CCc2cc(Nc3cc4cc(Cn5ccccc5=O)c(F)c(NC(=O)OC(C)(C)C)c4cn3)nn2CC1=O. The van der Waals surface area contributed by atoms with Gasteiger partial charge in [-0.1, -0.05) is 6.07 Å². The molecule has 0 fully saturated rings. The Morgan fingerprint density at radius 1 is 1.14 bits per heavy atom. The molecule has 0 spiro atoms. The molecule has 1 aliphatic rings. The molecule has 1 aromatic carbocycles. The van der Waals surface area contributed by atoms with Crippen molar-refractivity contribution in [3.63, 3.8) is 0 Å². The summed E-state index contributed by atoms with van der Waals surface area (Å²) in [6.45, 7) is 9.84. The van der Waals surface area contributed by atoms with Crippen LogP contribution in [-0.4, -0.2) is 54.4 Å². The number of nitrogens with zero attached hydrogens (tertiary/aromatic N) is 5. The highest BCUT2D eigenvalue weighted by Crippen LogP contribution is 2.32. The highest BCUT2D eigenvalue weighted by Gasteiger charge is 2.24. The van der Waals surface area contributed by atoms with Crippen LogP contribution < -0.4 is 16.2 Å². The van der Waals surface area contributed by atoms with Crippen LogP contribution in [0.5, 0.6) is 0 Å². The number of carbonyl (C=O) groups is 2. The molecule has 220 valence electrons. The first kappa shape index (κ1) is 28.8. The lowest BCUT2D eigenvalue weighted by Gasteiger charge is -2.24. The predicted molar refractivity (Wildman–Crippen MR) is 157 cm³/mol. The van der Waals surface area contributed by atoms with Crippen LogP contribution in [0.3, 0.4) is 0 Å². The van der Waals surface area contributed by atoms with E-state index >= 15 is 4.39 Å². The molecule has 4 aromatic rings. The molecule has 0 atom stereocenters. The smallest absolute Gasteiger partial charge is 0.412 e. The molecule has 0 radical (unpaired) electrons. The number of amides is 2. The van der Waals surface area contributed by atoms with Gasteiger partial charge in [-0.05, 0) is 58.2 Å². The highest BCUT2D eigenvalue weighted by molar-refractivity contribution is 6.01. The number of rotatable bonds is 6. The van der Waals surface area contributed by atoms with E-state index in [1.54, 1.807) is 55.9 Å². The van der Waals surface area contributed by atoms with E-state index in [9.17, 15) is 14.4 Å². The van der Waals surface area contributed by atoms with E-state index in [2.05, 4.69) is 20.7 Å². The summed E-state index contributed by atoms with van der Waals surface area (Å²) < 4.78 is 24.3.